The molecule has 0 bridgehead atoms. The first-order chi connectivity index (χ1) is 17.4. The Balaban J connectivity index is 1.74. The maximum absolute atomic E-state index is 13.2. The number of pyridine rings is 1. The number of carbonyl (C=O) groups is 2. The van der Waals surface area contributed by atoms with E-state index in [1.54, 1.807) is 26.2 Å². The Hall–Kier alpha value is -3.53. The van der Waals surface area contributed by atoms with Gasteiger partial charge >= 0.3 is 6.09 Å². The van der Waals surface area contributed by atoms with Crippen LogP contribution >= 0.6 is 11.6 Å². The lowest BCUT2D eigenvalue weighted by molar-refractivity contribution is 0.0499. The van der Waals surface area contributed by atoms with Gasteiger partial charge in [0.05, 0.1) is 12.1 Å². The number of halogens is 1. The quantitative estimate of drug-likeness (QED) is 0.523. The van der Waals surface area contributed by atoms with E-state index in [2.05, 4.69) is 15.2 Å². The molecule has 1 aliphatic heterocycles. The predicted molar refractivity (Wildman–Crippen MR) is 144 cm³/mol. The van der Waals surface area contributed by atoms with Crippen LogP contribution in [0.4, 0.5) is 10.7 Å². The average molecular weight is 529 g/mol. The van der Waals surface area contributed by atoms with Gasteiger partial charge in [0.15, 0.2) is 0 Å². The van der Waals surface area contributed by atoms with Gasteiger partial charge in [0.2, 0.25) is 5.95 Å². The summed E-state index contributed by atoms with van der Waals surface area (Å²) in [7, 11) is 3.25. The number of amides is 2. The number of anilines is 1. The molecule has 198 valence electrons. The molecule has 0 saturated carbocycles. The number of H-pyrrole nitrogens is 1. The van der Waals surface area contributed by atoms with Gasteiger partial charge in [-0.05, 0) is 51.3 Å². The Kier molecular flexibility index (Phi) is 7.49. The Bertz CT molecular complexity index is 1370. The third kappa shape index (κ3) is 6.07. The van der Waals surface area contributed by atoms with Crippen molar-refractivity contribution in [1.29, 1.82) is 0 Å². The van der Waals surface area contributed by atoms with E-state index in [9.17, 15) is 14.4 Å². The lowest BCUT2D eigenvalue weighted by Crippen LogP contribution is -2.49. The van der Waals surface area contributed by atoms with E-state index in [1.165, 1.54) is 4.90 Å². The summed E-state index contributed by atoms with van der Waals surface area (Å²) in [5, 5.41) is 3.53. The van der Waals surface area contributed by atoms with Gasteiger partial charge in [-0.2, -0.15) is 0 Å². The van der Waals surface area contributed by atoms with Crippen LogP contribution in [0, 0.1) is 0 Å². The van der Waals surface area contributed by atoms with Gasteiger partial charge < -0.3 is 29.4 Å². The number of piperidine rings is 1. The van der Waals surface area contributed by atoms with Gasteiger partial charge in [0.1, 0.15) is 16.8 Å². The van der Waals surface area contributed by atoms with E-state index < -0.39 is 17.3 Å². The van der Waals surface area contributed by atoms with Crippen molar-refractivity contribution in [2.24, 2.45) is 0 Å². The van der Waals surface area contributed by atoms with Crippen LogP contribution in [-0.2, 0) is 11.3 Å². The predicted octanol–water partition coefficient (Wildman–Crippen LogP) is 3.62. The summed E-state index contributed by atoms with van der Waals surface area (Å²) < 4.78 is 7.26. The molecule has 1 atom stereocenters. The summed E-state index contributed by atoms with van der Waals surface area (Å²) in [5.41, 5.74) is 0.765. The van der Waals surface area contributed by atoms with E-state index in [-0.39, 0.29) is 17.6 Å². The highest BCUT2D eigenvalue weighted by atomic mass is 35.5. The van der Waals surface area contributed by atoms with Crippen molar-refractivity contribution in [1.82, 2.24) is 24.8 Å². The number of hydrogen-bond acceptors (Lipinski definition) is 6. The first-order valence-electron chi connectivity index (χ1n) is 12.3. The highest BCUT2D eigenvalue weighted by Crippen LogP contribution is 2.27. The summed E-state index contributed by atoms with van der Waals surface area (Å²) in [6.07, 6.45) is 1.14. The molecule has 0 radical (unpaired) electrons. The number of alkyl carbamates (subject to hydrolysis) is 1. The minimum Gasteiger partial charge on any atom is -0.444 e. The van der Waals surface area contributed by atoms with Crippen LogP contribution in [0.3, 0.4) is 0 Å². The van der Waals surface area contributed by atoms with Crippen LogP contribution in [0.15, 0.2) is 35.1 Å². The molecule has 2 N–H and O–H groups in total. The highest BCUT2D eigenvalue weighted by molar-refractivity contribution is 6.31. The lowest BCUT2D eigenvalue weighted by atomic mass is 10.1. The van der Waals surface area contributed by atoms with Gasteiger partial charge in [-0.25, -0.2) is 9.78 Å². The van der Waals surface area contributed by atoms with Crippen LogP contribution in [-0.4, -0.2) is 70.3 Å². The molecule has 0 unspecified atom stereocenters. The summed E-state index contributed by atoms with van der Waals surface area (Å²) in [6.45, 7) is 6.97. The number of fused-ring (bicyclic) bond motifs is 1. The molecule has 11 heteroatoms. The van der Waals surface area contributed by atoms with Gasteiger partial charge in [-0.3, -0.25) is 9.59 Å². The van der Waals surface area contributed by atoms with Crippen molar-refractivity contribution in [2.45, 2.75) is 51.8 Å². The summed E-state index contributed by atoms with van der Waals surface area (Å²) in [5.74, 6) is 0.256. The van der Waals surface area contributed by atoms with E-state index in [1.807, 2.05) is 43.5 Å². The summed E-state index contributed by atoms with van der Waals surface area (Å²) in [4.78, 5) is 49.2. The monoisotopic (exact) mass is 528 g/mol. The van der Waals surface area contributed by atoms with Crippen LogP contribution in [0.5, 0.6) is 0 Å². The number of aromatic amines is 1. The minimum absolute atomic E-state index is 0.152. The number of hydrogen-bond donors (Lipinski definition) is 2. The number of aromatic nitrogens is 3. The van der Waals surface area contributed by atoms with E-state index >= 15 is 0 Å². The zero-order chi connectivity index (χ0) is 26.9. The van der Waals surface area contributed by atoms with Gasteiger partial charge in [-0.15, -0.1) is 0 Å². The van der Waals surface area contributed by atoms with Crippen LogP contribution in [0.1, 0.15) is 49.7 Å². The lowest BCUT2D eigenvalue weighted by Gasteiger charge is -2.34. The molecule has 3 aromatic rings. The largest absolute Gasteiger partial charge is 0.444 e. The second kappa shape index (κ2) is 10.5. The molecule has 1 fully saturated rings. The van der Waals surface area contributed by atoms with Crippen molar-refractivity contribution >= 4 is 40.6 Å². The fourth-order valence-corrected chi connectivity index (χ4v) is 4.64. The first-order valence-corrected chi connectivity index (χ1v) is 12.6. The van der Waals surface area contributed by atoms with Gasteiger partial charge in [0, 0.05) is 38.2 Å². The van der Waals surface area contributed by atoms with Crippen LogP contribution in [0.2, 0.25) is 5.02 Å². The number of rotatable bonds is 5. The molecule has 4 rings (SSSR count). The molecular weight excluding hydrogens is 496 g/mol. The number of ether oxygens (including phenoxy) is 1. The maximum atomic E-state index is 13.2. The Morgan fingerprint density at radius 2 is 2.00 bits per heavy atom. The summed E-state index contributed by atoms with van der Waals surface area (Å²) in [6, 6.07) is 8.89. The van der Waals surface area contributed by atoms with Gasteiger partial charge in [-0.1, -0.05) is 29.8 Å². The van der Waals surface area contributed by atoms with E-state index in [0.717, 1.165) is 18.4 Å². The molecule has 37 heavy (non-hydrogen) atoms. The van der Waals surface area contributed by atoms with Crippen LogP contribution in [0.25, 0.3) is 11.0 Å². The fraction of sp³-hybridized carbons (Fsp3) is 0.462. The third-order valence-corrected chi connectivity index (χ3v) is 6.44. The molecule has 2 aromatic heterocycles. The number of carbonyl (C=O) groups excluding carboxylic acids is 2. The molecule has 3 heterocycles. The Labute approximate surface area is 220 Å². The zero-order valence-electron chi connectivity index (χ0n) is 21.8. The normalized spacial score (nSPS) is 16.1. The van der Waals surface area contributed by atoms with Crippen molar-refractivity contribution < 1.29 is 14.3 Å². The van der Waals surface area contributed by atoms with E-state index in [0.29, 0.717) is 41.6 Å². The maximum Gasteiger partial charge on any atom is 0.407 e. The molecule has 1 aliphatic rings. The Morgan fingerprint density at radius 1 is 1.27 bits per heavy atom. The molecule has 2 amide bonds. The summed E-state index contributed by atoms with van der Waals surface area (Å²) >= 11 is 6.46. The molecular formula is C26H33ClN6O4. The second-order valence-electron chi connectivity index (χ2n) is 10.5. The topological polar surface area (TPSA) is 113 Å². The molecule has 10 nitrogen and oxygen atoms in total. The van der Waals surface area contributed by atoms with Crippen LogP contribution < -0.4 is 15.8 Å². The van der Waals surface area contributed by atoms with Crippen molar-refractivity contribution in [3.8, 4) is 0 Å². The fourth-order valence-electron chi connectivity index (χ4n) is 4.45. The molecule has 1 saturated heterocycles. The van der Waals surface area contributed by atoms with Crippen molar-refractivity contribution in [2.75, 3.05) is 32.1 Å². The molecule has 0 aliphatic carbocycles. The first kappa shape index (κ1) is 26.5. The van der Waals surface area contributed by atoms with Gasteiger partial charge in [0.25, 0.3) is 11.5 Å². The van der Waals surface area contributed by atoms with Crippen molar-refractivity contribution in [3.63, 3.8) is 0 Å². The van der Waals surface area contributed by atoms with Crippen molar-refractivity contribution in [3.05, 3.63) is 57.0 Å². The average Bonchev–Trinajstić information content (AvgIpc) is 3.17. The highest BCUT2D eigenvalue weighted by Gasteiger charge is 2.28. The number of benzene rings is 1. The number of imidazole rings is 1. The smallest absolute Gasteiger partial charge is 0.407 e. The molecule has 1 aromatic carbocycles. The number of nitrogens with one attached hydrogen (secondary N) is 2. The Morgan fingerprint density at radius 3 is 2.68 bits per heavy atom. The zero-order valence-corrected chi connectivity index (χ0v) is 22.6. The number of nitrogens with zero attached hydrogens (tertiary/aromatic N) is 4. The second-order valence-corrected chi connectivity index (χ2v) is 10.9. The minimum atomic E-state index is -0.593. The van der Waals surface area contributed by atoms with E-state index in [4.69, 9.17) is 21.3 Å². The molecule has 0 spiro atoms. The third-order valence-electron chi connectivity index (χ3n) is 6.07. The SMILES string of the molecule is CN(C)C(=O)c1cc2nc(N3CCC[C@@H](NC(=O)OC(C)(C)C)C3)n(Cc3ccccc3Cl)c2c(=O)[nH]1. The standard InChI is InChI=1S/C26H33ClN6O4/c1-26(2,3)37-25(36)28-17-10-8-12-32(15-17)24-30-19-13-20(23(35)31(4)5)29-22(34)21(19)33(24)14-16-9-6-7-11-18(16)27/h6-7,9,11,13,17H,8,10,12,14-15H2,1-5H3,(H,28,36)(H,29,34)/t17-/m1/s1.